The molecule has 1 aromatic carbocycles. The number of amides is 3. The molecule has 0 aliphatic carbocycles. The SMILES string of the molecule is CC(C)C[C@@H](NC(=O)/C=C/c1ccc(Cl)cc1F)C(=O)NC(CC(N)=O)C(=O)CCl. The lowest BCUT2D eigenvalue weighted by Gasteiger charge is -2.22. The third-order valence-corrected chi connectivity index (χ3v) is 4.46. The topological polar surface area (TPSA) is 118 Å². The second-order valence-corrected chi connectivity index (χ2v) is 7.73. The van der Waals surface area contributed by atoms with Crippen LogP contribution in [0.25, 0.3) is 6.08 Å². The zero-order valence-corrected chi connectivity index (χ0v) is 18.1. The van der Waals surface area contributed by atoms with Gasteiger partial charge in [-0.1, -0.05) is 31.5 Å². The number of Topliss-reactive ketones (excluding diaryl/α,β-unsaturated/α-hetero) is 1. The van der Waals surface area contributed by atoms with Crippen molar-refractivity contribution in [1.82, 2.24) is 10.6 Å². The highest BCUT2D eigenvalue weighted by Crippen LogP contribution is 2.15. The van der Waals surface area contributed by atoms with Crippen molar-refractivity contribution in [2.24, 2.45) is 11.7 Å². The summed E-state index contributed by atoms with van der Waals surface area (Å²) >= 11 is 11.2. The second-order valence-electron chi connectivity index (χ2n) is 7.02. The monoisotopic (exact) mass is 459 g/mol. The number of carbonyl (C=O) groups excluding carboxylic acids is 4. The van der Waals surface area contributed by atoms with E-state index in [-0.39, 0.29) is 22.9 Å². The molecule has 0 aromatic heterocycles. The maximum atomic E-state index is 13.8. The lowest BCUT2D eigenvalue weighted by Crippen LogP contribution is -2.52. The highest BCUT2D eigenvalue weighted by molar-refractivity contribution is 6.30. The number of hydrogen-bond donors (Lipinski definition) is 3. The Balaban J connectivity index is 2.90. The zero-order chi connectivity index (χ0) is 22.8. The van der Waals surface area contributed by atoms with Crippen LogP contribution in [-0.4, -0.2) is 41.5 Å². The van der Waals surface area contributed by atoms with Crippen LogP contribution >= 0.6 is 23.2 Å². The molecule has 4 N–H and O–H groups in total. The number of alkyl halides is 1. The Morgan fingerprint density at radius 3 is 2.37 bits per heavy atom. The Morgan fingerprint density at radius 2 is 1.83 bits per heavy atom. The number of rotatable bonds is 11. The van der Waals surface area contributed by atoms with E-state index in [9.17, 15) is 23.6 Å². The van der Waals surface area contributed by atoms with Crippen LogP contribution in [-0.2, 0) is 19.2 Å². The van der Waals surface area contributed by atoms with Gasteiger partial charge in [0.25, 0.3) is 0 Å². The van der Waals surface area contributed by atoms with Gasteiger partial charge in [0, 0.05) is 16.7 Å². The molecule has 164 valence electrons. The van der Waals surface area contributed by atoms with Gasteiger partial charge in [0.15, 0.2) is 5.78 Å². The van der Waals surface area contributed by atoms with Gasteiger partial charge >= 0.3 is 0 Å². The first-order valence-corrected chi connectivity index (χ1v) is 10.1. The van der Waals surface area contributed by atoms with Crippen LogP contribution in [0.4, 0.5) is 4.39 Å². The molecule has 0 fully saturated rings. The Labute approximate surface area is 184 Å². The molecule has 3 amide bonds. The van der Waals surface area contributed by atoms with E-state index in [1.165, 1.54) is 18.2 Å². The molecular formula is C20H24Cl2FN3O4. The number of halogens is 3. The quantitative estimate of drug-likeness (QED) is 0.347. The van der Waals surface area contributed by atoms with Gasteiger partial charge in [0.1, 0.15) is 11.9 Å². The minimum atomic E-state index is -1.18. The van der Waals surface area contributed by atoms with Gasteiger partial charge in [-0.2, -0.15) is 0 Å². The molecule has 0 aliphatic heterocycles. The Bertz CT molecular complexity index is 830. The van der Waals surface area contributed by atoms with Crippen LogP contribution in [0.5, 0.6) is 0 Å². The maximum absolute atomic E-state index is 13.8. The molecule has 10 heteroatoms. The molecule has 1 aromatic rings. The first-order chi connectivity index (χ1) is 14.0. The number of primary amides is 1. The largest absolute Gasteiger partial charge is 0.370 e. The van der Waals surface area contributed by atoms with Crippen molar-refractivity contribution in [3.8, 4) is 0 Å². The zero-order valence-electron chi connectivity index (χ0n) is 16.6. The Morgan fingerprint density at radius 1 is 1.17 bits per heavy atom. The fourth-order valence-electron chi connectivity index (χ4n) is 2.54. The van der Waals surface area contributed by atoms with Crippen molar-refractivity contribution in [1.29, 1.82) is 0 Å². The molecule has 0 radical (unpaired) electrons. The van der Waals surface area contributed by atoms with Crippen molar-refractivity contribution >= 4 is 52.8 Å². The molecule has 0 saturated carbocycles. The molecule has 0 saturated heterocycles. The van der Waals surface area contributed by atoms with Crippen molar-refractivity contribution in [3.63, 3.8) is 0 Å². The van der Waals surface area contributed by atoms with Crippen molar-refractivity contribution in [3.05, 3.63) is 40.7 Å². The molecule has 0 spiro atoms. The van der Waals surface area contributed by atoms with Gasteiger partial charge in [-0.15, -0.1) is 11.6 Å². The van der Waals surface area contributed by atoms with E-state index in [0.717, 1.165) is 12.1 Å². The van der Waals surface area contributed by atoms with Crippen molar-refractivity contribution < 1.29 is 23.6 Å². The summed E-state index contributed by atoms with van der Waals surface area (Å²) in [6, 6.07) is 1.82. The highest BCUT2D eigenvalue weighted by Gasteiger charge is 2.27. The Hall–Kier alpha value is -2.45. The molecular weight excluding hydrogens is 436 g/mol. The van der Waals surface area contributed by atoms with Gasteiger partial charge in [-0.3, -0.25) is 19.2 Å². The van der Waals surface area contributed by atoms with Gasteiger partial charge in [0.05, 0.1) is 18.3 Å². The summed E-state index contributed by atoms with van der Waals surface area (Å²) < 4.78 is 13.8. The third-order valence-electron chi connectivity index (χ3n) is 3.96. The van der Waals surface area contributed by atoms with E-state index in [1.807, 2.05) is 13.8 Å². The predicted octanol–water partition coefficient (Wildman–Crippen LogP) is 2.19. The second kappa shape index (κ2) is 12.3. The summed E-state index contributed by atoms with van der Waals surface area (Å²) in [5.74, 6) is -3.63. The smallest absolute Gasteiger partial charge is 0.244 e. The molecule has 2 atom stereocenters. The van der Waals surface area contributed by atoms with Gasteiger partial charge < -0.3 is 16.4 Å². The van der Waals surface area contributed by atoms with E-state index >= 15 is 0 Å². The molecule has 30 heavy (non-hydrogen) atoms. The predicted molar refractivity (Wildman–Crippen MR) is 113 cm³/mol. The van der Waals surface area contributed by atoms with E-state index in [0.29, 0.717) is 0 Å². The highest BCUT2D eigenvalue weighted by atomic mass is 35.5. The van der Waals surface area contributed by atoms with Crippen LogP contribution in [0.1, 0.15) is 32.3 Å². The summed E-state index contributed by atoms with van der Waals surface area (Å²) in [6.07, 6.45) is 2.18. The van der Waals surface area contributed by atoms with Crippen molar-refractivity contribution in [2.75, 3.05) is 5.88 Å². The lowest BCUT2D eigenvalue weighted by atomic mass is 10.0. The normalized spacial score (nSPS) is 13.1. The fraction of sp³-hybridized carbons (Fsp3) is 0.400. The van der Waals surface area contributed by atoms with E-state index < -0.39 is 53.7 Å². The van der Waals surface area contributed by atoms with Crippen molar-refractivity contribution in [2.45, 2.75) is 38.8 Å². The summed E-state index contributed by atoms with van der Waals surface area (Å²) in [5, 5.41) is 5.15. The number of nitrogens with one attached hydrogen (secondary N) is 2. The van der Waals surface area contributed by atoms with Gasteiger partial charge in [-0.25, -0.2) is 4.39 Å². The number of ketones is 1. The average molecular weight is 460 g/mol. The molecule has 0 bridgehead atoms. The van der Waals surface area contributed by atoms with E-state index in [1.54, 1.807) is 0 Å². The summed E-state index contributed by atoms with van der Waals surface area (Å²) in [6.45, 7) is 3.69. The minimum Gasteiger partial charge on any atom is -0.370 e. The number of hydrogen-bond acceptors (Lipinski definition) is 4. The first-order valence-electron chi connectivity index (χ1n) is 9.14. The van der Waals surface area contributed by atoms with Gasteiger partial charge in [-0.05, 0) is 30.5 Å². The van der Waals surface area contributed by atoms with E-state index in [4.69, 9.17) is 28.9 Å². The lowest BCUT2D eigenvalue weighted by molar-refractivity contribution is -0.131. The molecule has 1 rings (SSSR count). The van der Waals surface area contributed by atoms with Crippen LogP contribution in [0.3, 0.4) is 0 Å². The summed E-state index contributed by atoms with van der Waals surface area (Å²) in [5.41, 5.74) is 5.26. The number of benzene rings is 1. The molecule has 0 heterocycles. The van der Waals surface area contributed by atoms with Crippen LogP contribution in [0, 0.1) is 11.7 Å². The van der Waals surface area contributed by atoms with Gasteiger partial charge in [0.2, 0.25) is 17.7 Å². The van der Waals surface area contributed by atoms with Crippen LogP contribution in [0.15, 0.2) is 24.3 Å². The van der Waals surface area contributed by atoms with Crippen LogP contribution in [0.2, 0.25) is 5.02 Å². The minimum absolute atomic E-state index is 0.0251. The Kier molecular flexibility index (Phi) is 10.5. The molecule has 7 nitrogen and oxygen atoms in total. The first kappa shape index (κ1) is 25.6. The van der Waals surface area contributed by atoms with E-state index in [2.05, 4.69) is 10.6 Å². The summed E-state index contributed by atoms with van der Waals surface area (Å²) in [4.78, 5) is 47.9. The summed E-state index contributed by atoms with van der Waals surface area (Å²) in [7, 11) is 0. The fourth-order valence-corrected chi connectivity index (χ4v) is 2.88. The molecule has 0 aliphatic rings. The maximum Gasteiger partial charge on any atom is 0.244 e. The number of carbonyl (C=O) groups is 4. The average Bonchev–Trinajstić information content (AvgIpc) is 2.64. The standard InChI is InChI=1S/C20H24Cl2FN3O4/c1-11(2)7-16(20(30)26-15(9-18(24)28)17(27)10-21)25-19(29)6-4-12-3-5-13(22)8-14(12)23/h3-6,8,11,15-16H,7,9-10H2,1-2H3,(H2,24,28)(H,25,29)(H,26,30)/b6-4+/t15?,16-/m1/s1. The third kappa shape index (κ3) is 8.92. The van der Waals surface area contributed by atoms with Crippen LogP contribution < -0.4 is 16.4 Å². The number of nitrogens with two attached hydrogens (primary N) is 1. The molecule has 1 unspecified atom stereocenters.